The number of nitrogens with zero attached hydrogens (tertiary/aromatic N) is 2. The first kappa shape index (κ1) is 15.7. The third-order valence-electron chi connectivity index (χ3n) is 3.77. The third-order valence-corrected chi connectivity index (χ3v) is 3.77. The van der Waals surface area contributed by atoms with Crippen molar-refractivity contribution in [2.24, 2.45) is 0 Å². The lowest BCUT2D eigenvalue weighted by atomic mass is 9.98. The summed E-state index contributed by atoms with van der Waals surface area (Å²) in [6.45, 7) is 8.71. The van der Waals surface area contributed by atoms with Gasteiger partial charge in [0.1, 0.15) is 11.3 Å². The predicted octanol–water partition coefficient (Wildman–Crippen LogP) is 2.95. The number of nitriles is 1. The van der Waals surface area contributed by atoms with Crippen molar-refractivity contribution >= 4 is 5.69 Å². The van der Waals surface area contributed by atoms with E-state index in [4.69, 9.17) is 4.74 Å². The molecule has 0 saturated carbocycles. The van der Waals surface area contributed by atoms with Crippen LogP contribution in [0.15, 0.2) is 24.3 Å². The van der Waals surface area contributed by atoms with Crippen LogP contribution in [0.25, 0.3) is 0 Å². The molecule has 0 aromatic heterocycles. The number of fused-ring (bicyclic) bond motifs is 1. The van der Waals surface area contributed by atoms with Crippen molar-refractivity contribution in [3.05, 3.63) is 24.3 Å². The summed E-state index contributed by atoms with van der Waals surface area (Å²) in [6, 6.07) is 10.9. The molecule has 0 aliphatic carbocycles. The largest absolute Gasteiger partial charge is 0.491 e. The van der Waals surface area contributed by atoms with Crippen LogP contribution < -0.4 is 15.0 Å². The highest BCUT2D eigenvalue weighted by molar-refractivity contribution is 5.58. The first-order valence-electron chi connectivity index (χ1n) is 7.70. The summed E-state index contributed by atoms with van der Waals surface area (Å²) < 4.78 is 5.78. The Kier molecular flexibility index (Phi) is 5.08. The van der Waals surface area contributed by atoms with Crippen LogP contribution >= 0.6 is 0 Å². The van der Waals surface area contributed by atoms with E-state index in [-0.39, 0.29) is 0 Å². The normalized spacial score (nSPS) is 17.4. The highest BCUT2D eigenvalue weighted by atomic mass is 16.5. The van der Waals surface area contributed by atoms with E-state index in [0.29, 0.717) is 6.04 Å². The van der Waals surface area contributed by atoms with E-state index in [1.165, 1.54) is 0 Å². The standard InChI is InChI=1S/C17H25N3O/c1-14(2)19-17(3,13-18)9-11-20-10-6-12-21-16-8-5-4-7-15(16)20/h4-5,7-8,14,19H,6,9-12H2,1-3H3. The Labute approximate surface area is 127 Å². The van der Waals surface area contributed by atoms with Gasteiger partial charge >= 0.3 is 0 Å². The molecule has 0 radical (unpaired) electrons. The molecule has 1 heterocycles. The molecule has 1 atom stereocenters. The number of para-hydroxylation sites is 2. The molecule has 4 heteroatoms. The Bertz CT molecular complexity index is 509. The molecule has 114 valence electrons. The van der Waals surface area contributed by atoms with Gasteiger partial charge in [0.15, 0.2) is 0 Å². The molecule has 1 unspecified atom stereocenters. The van der Waals surface area contributed by atoms with E-state index >= 15 is 0 Å². The molecule has 2 rings (SSSR count). The van der Waals surface area contributed by atoms with Crippen LogP contribution in [0.5, 0.6) is 5.75 Å². The summed E-state index contributed by atoms with van der Waals surface area (Å²) in [5.41, 5.74) is 0.649. The maximum absolute atomic E-state index is 9.46. The molecular weight excluding hydrogens is 262 g/mol. The van der Waals surface area contributed by atoms with Gasteiger partial charge in [0.25, 0.3) is 0 Å². The second kappa shape index (κ2) is 6.82. The van der Waals surface area contributed by atoms with Gasteiger partial charge in [-0.3, -0.25) is 5.32 Å². The second-order valence-electron chi connectivity index (χ2n) is 6.15. The maximum Gasteiger partial charge on any atom is 0.142 e. The molecule has 0 bridgehead atoms. The van der Waals surface area contributed by atoms with Gasteiger partial charge in [-0.05, 0) is 45.7 Å². The molecular formula is C17H25N3O. The smallest absolute Gasteiger partial charge is 0.142 e. The molecule has 0 spiro atoms. The van der Waals surface area contributed by atoms with Crippen molar-refractivity contribution < 1.29 is 4.74 Å². The van der Waals surface area contributed by atoms with E-state index in [2.05, 4.69) is 36.2 Å². The number of hydrogen-bond acceptors (Lipinski definition) is 4. The van der Waals surface area contributed by atoms with E-state index in [1.54, 1.807) is 0 Å². The minimum Gasteiger partial charge on any atom is -0.491 e. The molecule has 1 N–H and O–H groups in total. The van der Waals surface area contributed by atoms with E-state index in [0.717, 1.165) is 44.0 Å². The zero-order valence-corrected chi connectivity index (χ0v) is 13.2. The van der Waals surface area contributed by atoms with Gasteiger partial charge in [-0.1, -0.05) is 12.1 Å². The molecule has 0 saturated heterocycles. The summed E-state index contributed by atoms with van der Waals surface area (Å²) in [4.78, 5) is 2.33. The average molecular weight is 287 g/mol. The molecule has 0 amide bonds. The number of rotatable bonds is 5. The average Bonchev–Trinajstić information content (AvgIpc) is 2.67. The molecule has 0 fully saturated rings. The number of nitrogens with one attached hydrogen (secondary N) is 1. The van der Waals surface area contributed by atoms with Crippen LogP contribution in [0.3, 0.4) is 0 Å². The minimum atomic E-state index is -0.490. The van der Waals surface area contributed by atoms with Crippen molar-refractivity contribution in [2.75, 3.05) is 24.6 Å². The Balaban J connectivity index is 2.07. The summed E-state index contributed by atoms with van der Waals surface area (Å²) in [7, 11) is 0. The highest BCUT2D eigenvalue weighted by Gasteiger charge is 2.26. The van der Waals surface area contributed by atoms with Crippen molar-refractivity contribution in [3.63, 3.8) is 0 Å². The lowest BCUT2D eigenvalue weighted by Crippen LogP contribution is -2.47. The quantitative estimate of drug-likeness (QED) is 0.904. The topological polar surface area (TPSA) is 48.3 Å². The van der Waals surface area contributed by atoms with Gasteiger partial charge in [-0.25, -0.2) is 0 Å². The molecule has 1 aromatic carbocycles. The fraction of sp³-hybridized carbons (Fsp3) is 0.588. The van der Waals surface area contributed by atoms with E-state index < -0.39 is 5.54 Å². The fourth-order valence-corrected chi connectivity index (χ4v) is 2.79. The van der Waals surface area contributed by atoms with Gasteiger partial charge in [0.05, 0.1) is 18.4 Å². The number of hydrogen-bond donors (Lipinski definition) is 1. The van der Waals surface area contributed by atoms with Crippen LogP contribution in [0.4, 0.5) is 5.69 Å². The van der Waals surface area contributed by atoms with Gasteiger partial charge < -0.3 is 9.64 Å². The van der Waals surface area contributed by atoms with Gasteiger partial charge in [-0.15, -0.1) is 0 Å². The monoisotopic (exact) mass is 287 g/mol. The maximum atomic E-state index is 9.46. The Hall–Kier alpha value is -1.73. The highest BCUT2D eigenvalue weighted by Crippen LogP contribution is 2.31. The van der Waals surface area contributed by atoms with Gasteiger partial charge in [0, 0.05) is 19.1 Å². The van der Waals surface area contributed by atoms with Gasteiger partial charge in [-0.2, -0.15) is 5.26 Å². The lowest BCUT2D eigenvalue weighted by Gasteiger charge is -2.30. The molecule has 1 aliphatic rings. The Morgan fingerprint density at radius 1 is 1.43 bits per heavy atom. The third kappa shape index (κ3) is 4.12. The minimum absolute atomic E-state index is 0.300. The molecule has 21 heavy (non-hydrogen) atoms. The van der Waals surface area contributed by atoms with Crippen LogP contribution in [-0.2, 0) is 0 Å². The molecule has 1 aliphatic heterocycles. The first-order valence-corrected chi connectivity index (χ1v) is 7.70. The van der Waals surface area contributed by atoms with Crippen LogP contribution in [0.1, 0.15) is 33.6 Å². The summed E-state index contributed by atoms with van der Waals surface area (Å²) in [5.74, 6) is 0.950. The van der Waals surface area contributed by atoms with Crippen LogP contribution in [0.2, 0.25) is 0 Å². The fourth-order valence-electron chi connectivity index (χ4n) is 2.79. The summed E-state index contributed by atoms with van der Waals surface area (Å²) >= 11 is 0. The zero-order valence-electron chi connectivity index (χ0n) is 13.2. The summed E-state index contributed by atoms with van der Waals surface area (Å²) in [6.07, 6.45) is 1.80. The zero-order chi connectivity index (χ0) is 15.3. The van der Waals surface area contributed by atoms with Crippen LogP contribution in [-0.4, -0.2) is 31.3 Å². The van der Waals surface area contributed by atoms with Crippen LogP contribution in [0, 0.1) is 11.3 Å². The number of benzene rings is 1. The van der Waals surface area contributed by atoms with E-state index in [1.807, 2.05) is 25.1 Å². The van der Waals surface area contributed by atoms with Crippen molar-refractivity contribution in [2.45, 2.75) is 45.2 Å². The van der Waals surface area contributed by atoms with E-state index in [9.17, 15) is 5.26 Å². The van der Waals surface area contributed by atoms with Crippen molar-refractivity contribution in [1.82, 2.24) is 5.32 Å². The Morgan fingerprint density at radius 2 is 2.19 bits per heavy atom. The lowest BCUT2D eigenvalue weighted by molar-refractivity contribution is 0.322. The number of anilines is 1. The predicted molar refractivity (Wildman–Crippen MR) is 85.7 cm³/mol. The van der Waals surface area contributed by atoms with Gasteiger partial charge in [0.2, 0.25) is 0 Å². The number of ether oxygens (including phenoxy) is 1. The van der Waals surface area contributed by atoms with Crippen molar-refractivity contribution in [1.29, 1.82) is 5.26 Å². The Morgan fingerprint density at radius 3 is 2.90 bits per heavy atom. The SMILES string of the molecule is CC(C)NC(C)(C#N)CCN1CCCOc2ccccc21. The summed E-state index contributed by atoms with van der Waals surface area (Å²) in [5, 5.41) is 12.8. The first-order chi connectivity index (χ1) is 10.0. The van der Waals surface area contributed by atoms with Crippen molar-refractivity contribution in [3.8, 4) is 11.8 Å². The molecule has 1 aromatic rings. The second-order valence-corrected chi connectivity index (χ2v) is 6.15. The molecule has 4 nitrogen and oxygen atoms in total.